The lowest BCUT2D eigenvalue weighted by Gasteiger charge is -2.12. The molecule has 0 radical (unpaired) electrons. The van der Waals surface area contributed by atoms with Crippen molar-refractivity contribution in [3.8, 4) is 5.75 Å². The number of thioether (sulfide) groups is 1. The highest BCUT2D eigenvalue weighted by atomic mass is 32.2. The quantitative estimate of drug-likeness (QED) is 0.360. The molecule has 100 valence electrons. The van der Waals surface area contributed by atoms with E-state index in [0.29, 0.717) is 10.8 Å². The third-order valence-corrected chi connectivity index (χ3v) is 4.16. The van der Waals surface area contributed by atoms with Gasteiger partial charge in [-0.3, -0.25) is 0 Å². The van der Waals surface area contributed by atoms with Crippen molar-refractivity contribution in [3.05, 3.63) is 29.3 Å². The van der Waals surface area contributed by atoms with Crippen LogP contribution in [0, 0.1) is 0 Å². The van der Waals surface area contributed by atoms with E-state index in [2.05, 4.69) is 19.0 Å². The topological polar surface area (TPSA) is 67.8 Å². The summed E-state index contributed by atoms with van der Waals surface area (Å²) in [5.74, 6) is 1.80. The molecule has 0 bridgehead atoms. The molecule has 1 aromatic rings. The molecular weight excluding hydrogens is 248 g/mol. The largest absolute Gasteiger partial charge is 0.496 e. The summed E-state index contributed by atoms with van der Waals surface area (Å²) in [6, 6.07) is 5.54. The number of amidine groups is 1. The molecule has 0 aromatic heterocycles. The molecule has 1 aromatic carbocycles. The third-order valence-electron chi connectivity index (χ3n) is 2.78. The van der Waals surface area contributed by atoms with Crippen LogP contribution in [0.25, 0.3) is 0 Å². The molecule has 5 heteroatoms. The molecule has 0 aliphatic carbocycles. The van der Waals surface area contributed by atoms with Crippen molar-refractivity contribution in [2.24, 2.45) is 10.9 Å². The van der Waals surface area contributed by atoms with E-state index < -0.39 is 0 Å². The Morgan fingerprint density at radius 2 is 2.28 bits per heavy atom. The number of methoxy groups -OCH3 is 1. The van der Waals surface area contributed by atoms with Gasteiger partial charge in [-0.15, -0.1) is 0 Å². The molecule has 0 heterocycles. The van der Waals surface area contributed by atoms with Gasteiger partial charge in [0.1, 0.15) is 5.75 Å². The van der Waals surface area contributed by atoms with E-state index in [1.54, 1.807) is 13.2 Å². The smallest absolute Gasteiger partial charge is 0.170 e. The normalized spacial score (nSPS) is 13.4. The minimum absolute atomic E-state index is 0.118. The van der Waals surface area contributed by atoms with Gasteiger partial charge in [0.2, 0.25) is 0 Å². The summed E-state index contributed by atoms with van der Waals surface area (Å²) >= 11 is 1.86. The Labute approximate surface area is 112 Å². The lowest BCUT2D eigenvalue weighted by Crippen LogP contribution is -2.13. The first-order valence-corrected chi connectivity index (χ1v) is 6.93. The average molecular weight is 268 g/mol. The Bertz CT molecular complexity index is 421. The fourth-order valence-corrected chi connectivity index (χ4v) is 2.38. The summed E-state index contributed by atoms with van der Waals surface area (Å²) in [6.07, 6.45) is 1.13. The molecule has 0 amide bonds. The van der Waals surface area contributed by atoms with Crippen LogP contribution < -0.4 is 10.5 Å². The summed E-state index contributed by atoms with van der Waals surface area (Å²) in [4.78, 5) is 0. The van der Waals surface area contributed by atoms with E-state index in [4.69, 9.17) is 15.7 Å². The molecule has 0 spiro atoms. The highest BCUT2D eigenvalue weighted by Crippen LogP contribution is 2.27. The van der Waals surface area contributed by atoms with Crippen LogP contribution in [0.4, 0.5) is 0 Å². The molecule has 1 rings (SSSR count). The van der Waals surface area contributed by atoms with Gasteiger partial charge in [-0.05, 0) is 24.6 Å². The molecule has 0 aliphatic heterocycles. The van der Waals surface area contributed by atoms with Crippen LogP contribution in [-0.4, -0.2) is 23.4 Å². The summed E-state index contributed by atoms with van der Waals surface area (Å²) in [6.45, 7) is 4.37. The van der Waals surface area contributed by atoms with Crippen molar-refractivity contribution in [3.63, 3.8) is 0 Å². The molecule has 18 heavy (non-hydrogen) atoms. The van der Waals surface area contributed by atoms with Gasteiger partial charge >= 0.3 is 0 Å². The molecule has 1 unspecified atom stereocenters. The fraction of sp³-hybridized carbons (Fsp3) is 0.462. The molecule has 0 saturated heterocycles. The van der Waals surface area contributed by atoms with E-state index in [9.17, 15) is 0 Å². The minimum Gasteiger partial charge on any atom is -0.496 e. The molecule has 0 fully saturated rings. The second-order valence-corrected chi connectivity index (χ2v) is 5.47. The number of nitrogens with two attached hydrogens (primary N) is 1. The Hall–Kier alpha value is -1.36. The zero-order valence-electron chi connectivity index (χ0n) is 11.0. The van der Waals surface area contributed by atoms with Gasteiger partial charge in [-0.2, -0.15) is 11.8 Å². The van der Waals surface area contributed by atoms with Crippen LogP contribution in [0.3, 0.4) is 0 Å². The maximum atomic E-state index is 8.69. The summed E-state index contributed by atoms with van der Waals surface area (Å²) in [5.41, 5.74) is 7.36. The Kier molecular flexibility index (Phi) is 5.85. The van der Waals surface area contributed by atoms with E-state index in [-0.39, 0.29) is 5.84 Å². The standard InChI is InChI=1S/C13H20N2O2S/c1-4-9(2)18-8-11-7-10(13(14)15-16)5-6-12(11)17-3/h5-7,9,16H,4,8H2,1-3H3,(H2,14,15). The van der Waals surface area contributed by atoms with E-state index in [1.807, 2.05) is 23.9 Å². The second-order valence-electron chi connectivity index (χ2n) is 4.04. The van der Waals surface area contributed by atoms with Crippen LogP contribution >= 0.6 is 11.8 Å². The molecular formula is C13H20N2O2S. The number of oxime groups is 1. The van der Waals surface area contributed by atoms with Crippen LogP contribution in [-0.2, 0) is 5.75 Å². The van der Waals surface area contributed by atoms with Gasteiger partial charge in [0.15, 0.2) is 5.84 Å². The van der Waals surface area contributed by atoms with E-state index >= 15 is 0 Å². The molecule has 0 aliphatic rings. The summed E-state index contributed by atoms with van der Waals surface area (Å²) in [7, 11) is 1.65. The zero-order valence-corrected chi connectivity index (χ0v) is 11.8. The molecule has 3 N–H and O–H groups in total. The van der Waals surface area contributed by atoms with Crippen molar-refractivity contribution < 1.29 is 9.94 Å². The van der Waals surface area contributed by atoms with Crippen LogP contribution in [0.15, 0.2) is 23.4 Å². The molecule has 1 atom stereocenters. The minimum atomic E-state index is 0.118. The number of hydrogen-bond acceptors (Lipinski definition) is 4. The van der Waals surface area contributed by atoms with Crippen molar-refractivity contribution in [1.29, 1.82) is 0 Å². The van der Waals surface area contributed by atoms with Gasteiger partial charge in [0, 0.05) is 22.1 Å². The SMILES string of the molecule is CCC(C)SCc1cc(/C(N)=N/O)ccc1OC. The monoisotopic (exact) mass is 268 g/mol. The number of hydrogen-bond donors (Lipinski definition) is 2. The Morgan fingerprint density at radius 3 is 2.83 bits per heavy atom. The van der Waals surface area contributed by atoms with Gasteiger partial charge in [0.05, 0.1) is 7.11 Å². The zero-order chi connectivity index (χ0) is 13.5. The predicted octanol–water partition coefficient (Wildman–Crippen LogP) is 2.82. The van der Waals surface area contributed by atoms with Crippen LogP contribution in [0.5, 0.6) is 5.75 Å². The highest BCUT2D eigenvalue weighted by Gasteiger charge is 2.09. The van der Waals surface area contributed by atoms with Gasteiger partial charge in [-0.25, -0.2) is 0 Å². The van der Waals surface area contributed by atoms with E-state index in [1.165, 1.54) is 0 Å². The predicted molar refractivity (Wildman–Crippen MR) is 76.6 cm³/mol. The summed E-state index contributed by atoms with van der Waals surface area (Å²) < 4.78 is 5.32. The Morgan fingerprint density at radius 1 is 1.56 bits per heavy atom. The maximum absolute atomic E-state index is 8.69. The van der Waals surface area contributed by atoms with Gasteiger partial charge in [0.25, 0.3) is 0 Å². The van der Waals surface area contributed by atoms with Crippen molar-refractivity contribution >= 4 is 17.6 Å². The fourth-order valence-electron chi connectivity index (χ4n) is 1.46. The number of nitrogens with zero attached hydrogens (tertiary/aromatic N) is 1. The first-order chi connectivity index (χ1) is 8.62. The second kappa shape index (κ2) is 7.16. The number of ether oxygens (including phenoxy) is 1. The van der Waals surface area contributed by atoms with Gasteiger partial charge < -0.3 is 15.7 Å². The van der Waals surface area contributed by atoms with Crippen molar-refractivity contribution in [1.82, 2.24) is 0 Å². The maximum Gasteiger partial charge on any atom is 0.170 e. The third kappa shape index (κ3) is 3.84. The van der Waals surface area contributed by atoms with Gasteiger partial charge in [-0.1, -0.05) is 19.0 Å². The lowest BCUT2D eigenvalue weighted by atomic mass is 10.1. The van der Waals surface area contributed by atoms with Crippen LogP contribution in [0.2, 0.25) is 0 Å². The first-order valence-electron chi connectivity index (χ1n) is 5.88. The summed E-state index contributed by atoms with van der Waals surface area (Å²) in [5, 5.41) is 12.3. The highest BCUT2D eigenvalue weighted by molar-refractivity contribution is 7.99. The number of rotatable bonds is 6. The Balaban J connectivity index is 2.92. The van der Waals surface area contributed by atoms with Crippen LogP contribution in [0.1, 0.15) is 31.4 Å². The molecule has 0 saturated carbocycles. The van der Waals surface area contributed by atoms with Crippen molar-refractivity contribution in [2.75, 3.05) is 7.11 Å². The van der Waals surface area contributed by atoms with Crippen molar-refractivity contribution in [2.45, 2.75) is 31.3 Å². The first kappa shape index (κ1) is 14.7. The molecule has 4 nitrogen and oxygen atoms in total. The lowest BCUT2D eigenvalue weighted by molar-refractivity contribution is 0.318. The number of benzene rings is 1. The van der Waals surface area contributed by atoms with E-state index in [0.717, 1.165) is 23.5 Å². The average Bonchev–Trinajstić information content (AvgIpc) is 2.43.